The third-order valence-corrected chi connectivity index (χ3v) is 4.29. The number of benzene rings is 1. The molecule has 0 saturated heterocycles. The molecule has 18 heavy (non-hydrogen) atoms. The number of hydrogen-bond donors (Lipinski definition) is 0. The lowest BCUT2D eigenvalue weighted by atomic mass is 9.95. The summed E-state index contributed by atoms with van der Waals surface area (Å²) in [4.78, 5) is 0. The maximum atomic E-state index is 9.00. The summed E-state index contributed by atoms with van der Waals surface area (Å²) in [6, 6.07) is 6.70. The van der Waals surface area contributed by atoms with Crippen LogP contribution >= 0.6 is 15.9 Å². The van der Waals surface area contributed by atoms with E-state index in [4.69, 9.17) is 5.26 Å². The van der Waals surface area contributed by atoms with Crippen LogP contribution in [0.25, 0.3) is 5.57 Å². The molecule has 2 rings (SSSR count). The van der Waals surface area contributed by atoms with Crippen LogP contribution in [0.1, 0.15) is 35.1 Å². The van der Waals surface area contributed by atoms with Crippen molar-refractivity contribution in [2.45, 2.75) is 33.1 Å². The number of hydrogen-bond acceptors (Lipinski definition) is 1. The van der Waals surface area contributed by atoms with Crippen molar-refractivity contribution < 1.29 is 0 Å². The normalized spacial score (nSPS) is 19.9. The smallest absolute Gasteiger partial charge is 0.0915 e. The average molecular weight is 304 g/mol. The van der Waals surface area contributed by atoms with Crippen molar-refractivity contribution >= 4 is 21.5 Å². The Kier molecular flexibility index (Phi) is 4.24. The Morgan fingerprint density at radius 2 is 2.22 bits per heavy atom. The van der Waals surface area contributed by atoms with E-state index >= 15 is 0 Å². The fourth-order valence-electron chi connectivity index (χ4n) is 2.95. The number of alkyl halides is 1. The maximum Gasteiger partial charge on any atom is 0.0915 e. The zero-order valence-electron chi connectivity index (χ0n) is 11.0. The lowest BCUT2D eigenvalue weighted by Crippen LogP contribution is -1.99. The van der Waals surface area contributed by atoms with Crippen LogP contribution in [0.2, 0.25) is 0 Å². The highest BCUT2D eigenvalue weighted by Crippen LogP contribution is 2.41. The Labute approximate surface area is 118 Å². The minimum atomic E-state index is 0.526. The molecule has 1 aliphatic rings. The van der Waals surface area contributed by atoms with Gasteiger partial charge in [-0.1, -0.05) is 33.6 Å². The second kappa shape index (κ2) is 5.71. The Hall–Kier alpha value is -1.07. The summed E-state index contributed by atoms with van der Waals surface area (Å²) < 4.78 is 0. The minimum absolute atomic E-state index is 0.526. The molecule has 0 heterocycles. The van der Waals surface area contributed by atoms with Crippen molar-refractivity contribution in [3.8, 4) is 6.07 Å². The van der Waals surface area contributed by atoms with Crippen molar-refractivity contribution in [2.75, 3.05) is 5.33 Å². The molecule has 0 saturated carbocycles. The van der Waals surface area contributed by atoms with Crippen LogP contribution < -0.4 is 0 Å². The summed E-state index contributed by atoms with van der Waals surface area (Å²) in [6.07, 6.45) is 5.18. The Balaban J connectivity index is 2.41. The molecule has 94 valence electrons. The molecule has 0 fully saturated rings. The highest BCUT2D eigenvalue weighted by atomic mass is 79.9. The van der Waals surface area contributed by atoms with E-state index in [9.17, 15) is 0 Å². The number of fused-ring (bicyclic) bond motifs is 1. The summed E-state index contributed by atoms with van der Waals surface area (Å²) >= 11 is 3.49. The highest BCUT2D eigenvalue weighted by Gasteiger charge is 2.27. The van der Waals surface area contributed by atoms with Crippen molar-refractivity contribution in [1.82, 2.24) is 0 Å². The predicted molar refractivity (Wildman–Crippen MR) is 79.7 cm³/mol. The third-order valence-electron chi connectivity index (χ3n) is 3.72. The van der Waals surface area contributed by atoms with Gasteiger partial charge in [-0.25, -0.2) is 0 Å². The summed E-state index contributed by atoms with van der Waals surface area (Å²) in [5.41, 5.74) is 6.67. The topological polar surface area (TPSA) is 23.8 Å². The number of allylic oxidation sites excluding steroid dienone is 2. The molecule has 0 amide bonds. The first-order valence-electron chi connectivity index (χ1n) is 6.43. The van der Waals surface area contributed by atoms with Gasteiger partial charge in [-0.2, -0.15) is 5.26 Å². The minimum Gasteiger partial charge on any atom is -0.193 e. The molecular formula is C16H18BrN. The quantitative estimate of drug-likeness (QED) is 0.593. The van der Waals surface area contributed by atoms with Gasteiger partial charge in [0.25, 0.3) is 0 Å². The first kappa shape index (κ1) is 13.4. The van der Waals surface area contributed by atoms with Gasteiger partial charge < -0.3 is 0 Å². The van der Waals surface area contributed by atoms with Gasteiger partial charge in [0.15, 0.2) is 0 Å². The largest absolute Gasteiger partial charge is 0.193 e. The van der Waals surface area contributed by atoms with E-state index in [1.165, 1.54) is 34.2 Å². The number of aryl methyl sites for hydroxylation is 2. The maximum absolute atomic E-state index is 9.00. The van der Waals surface area contributed by atoms with Gasteiger partial charge in [0, 0.05) is 11.4 Å². The van der Waals surface area contributed by atoms with Crippen molar-refractivity contribution in [3.05, 3.63) is 40.5 Å². The van der Waals surface area contributed by atoms with Gasteiger partial charge in [0.05, 0.1) is 6.07 Å². The summed E-state index contributed by atoms with van der Waals surface area (Å²) in [5.74, 6) is 0.526. The van der Waals surface area contributed by atoms with Crippen LogP contribution in [0.3, 0.4) is 0 Å². The first-order valence-corrected chi connectivity index (χ1v) is 7.55. The zero-order valence-corrected chi connectivity index (χ0v) is 12.5. The molecule has 1 aliphatic carbocycles. The first-order chi connectivity index (χ1) is 8.67. The molecule has 0 N–H and O–H groups in total. The molecule has 0 spiro atoms. The van der Waals surface area contributed by atoms with E-state index in [1.54, 1.807) is 6.08 Å². The SMILES string of the molecule is Cc1cc(C)c2c(c1)/C(=C\C#N)C(CCCBr)C2. The van der Waals surface area contributed by atoms with Gasteiger partial charge in [0.1, 0.15) is 0 Å². The van der Waals surface area contributed by atoms with Crippen LogP contribution in [-0.2, 0) is 6.42 Å². The predicted octanol–water partition coefficient (Wildman–Crippen LogP) is 4.56. The highest BCUT2D eigenvalue weighted by molar-refractivity contribution is 9.09. The molecule has 2 heteroatoms. The van der Waals surface area contributed by atoms with E-state index in [0.29, 0.717) is 5.92 Å². The van der Waals surface area contributed by atoms with Gasteiger partial charge in [0.2, 0.25) is 0 Å². The molecule has 1 aromatic rings. The van der Waals surface area contributed by atoms with Gasteiger partial charge in [-0.3, -0.25) is 0 Å². The molecule has 1 nitrogen and oxygen atoms in total. The molecule has 1 atom stereocenters. The lowest BCUT2D eigenvalue weighted by Gasteiger charge is -2.10. The van der Waals surface area contributed by atoms with Crippen molar-refractivity contribution in [3.63, 3.8) is 0 Å². The summed E-state index contributed by atoms with van der Waals surface area (Å²) in [6.45, 7) is 4.31. The van der Waals surface area contributed by atoms with Gasteiger partial charge in [-0.15, -0.1) is 0 Å². The van der Waals surface area contributed by atoms with Crippen LogP contribution in [-0.4, -0.2) is 5.33 Å². The number of nitrogens with zero attached hydrogens (tertiary/aromatic N) is 1. The van der Waals surface area contributed by atoms with E-state index < -0.39 is 0 Å². The molecule has 0 aliphatic heterocycles. The molecule has 0 radical (unpaired) electrons. The number of rotatable bonds is 3. The second-order valence-corrected chi connectivity index (χ2v) is 5.86. The fraction of sp³-hybridized carbons (Fsp3) is 0.438. The van der Waals surface area contributed by atoms with Crippen LogP contribution in [0.15, 0.2) is 18.2 Å². The Morgan fingerprint density at radius 3 is 2.89 bits per heavy atom. The van der Waals surface area contributed by atoms with Gasteiger partial charge >= 0.3 is 0 Å². The van der Waals surface area contributed by atoms with E-state index in [2.05, 4.69) is 48.0 Å². The van der Waals surface area contributed by atoms with Crippen molar-refractivity contribution in [1.29, 1.82) is 5.26 Å². The molecule has 0 aromatic heterocycles. The fourth-order valence-corrected chi connectivity index (χ4v) is 3.27. The van der Waals surface area contributed by atoms with Crippen LogP contribution in [0, 0.1) is 31.1 Å². The lowest BCUT2D eigenvalue weighted by molar-refractivity contribution is 0.616. The number of nitriles is 1. The van der Waals surface area contributed by atoms with E-state index in [1.807, 2.05) is 0 Å². The van der Waals surface area contributed by atoms with Gasteiger partial charge in [-0.05, 0) is 61.3 Å². The second-order valence-electron chi connectivity index (χ2n) is 5.07. The van der Waals surface area contributed by atoms with Crippen molar-refractivity contribution in [2.24, 2.45) is 5.92 Å². The van der Waals surface area contributed by atoms with E-state index in [-0.39, 0.29) is 0 Å². The van der Waals surface area contributed by atoms with Crippen LogP contribution in [0.4, 0.5) is 0 Å². The molecule has 1 aromatic carbocycles. The Morgan fingerprint density at radius 1 is 1.44 bits per heavy atom. The third kappa shape index (κ3) is 2.52. The number of halogens is 1. The molecule has 1 unspecified atom stereocenters. The average Bonchev–Trinajstić information content (AvgIpc) is 2.66. The standard InChI is InChI=1S/C16H18BrN/c1-11-8-12(2)15-10-13(4-3-6-17)14(5-7-18)16(15)9-11/h5,8-9,13H,3-4,6,10H2,1-2H3/b14-5-. The molecule has 0 bridgehead atoms. The molecular weight excluding hydrogens is 286 g/mol. The Bertz CT molecular complexity index is 523. The van der Waals surface area contributed by atoms with E-state index in [0.717, 1.165) is 18.2 Å². The zero-order chi connectivity index (χ0) is 13.1. The monoisotopic (exact) mass is 303 g/mol. The summed E-state index contributed by atoms with van der Waals surface area (Å²) in [7, 11) is 0. The summed E-state index contributed by atoms with van der Waals surface area (Å²) in [5, 5.41) is 10.0. The van der Waals surface area contributed by atoms with Crippen LogP contribution in [0.5, 0.6) is 0 Å².